The van der Waals surface area contributed by atoms with Crippen LogP contribution in [0, 0.1) is 0 Å². The molecule has 0 aliphatic carbocycles. The van der Waals surface area contributed by atoms with Gasteiger partial charge in [0.15, 0.2) is 0 Å². The van der Waals surface area contributed by atoms with Gasteiger partial charge in [0.2, 0.25) is 10.0 Å². The lowest BCUT2D eigenvalue weighted by Gasteiger charge is -2.26. The van der Waals surface area contributed by atoms with Crippen molar-refractivity contribution in [3.63, 3.8) is 0 Å². The van der Waals surface area contributed by atoms with E-state index >= 15 is 0 Å². The molecule has 7 heteroatoms. The van der Waals surface area contributed by atoms with Crippen LogP contribution >= 0.6 is 11.3 Å². The molecule has 116 valence electrons. The van der Waals surface area contributed by atoms with Crippen molar-refractivity contribution in [3.05, 3.63) is 16.3 Å². The van der Waals surface area contributed by atoms with E-state index < -0.39 is 10.0 Å². The molecule has 0 bridgehead atoms. The molecule has 0 radical (unpaired) electrons. The summed E-state index contributed by atoms with van der Waals surface area (Å²) in [5.41, 5.74) is 0. The van der Waals surface area contributed by atoms with Crippen molar-refractivity contribution in [1.82, 2.24) is 9.21 Å². The average Bonchev–Trinajstić information content (AvgIpc) is 3.19. The highest BCUT2D eigenvalue weighted by Gasteiger charge is 2.33. The first-order valence-electron chi connectivity index (χ1n) is 7.47. The van der Waals surface area contributed by atoms with E-state index in [0.717, 1.165) is 45.2 Å². The van der Waals surface area contributed by atoms with E-state index in [0.29, 0.717) is 18.0 Å². The van der Waals surface area contributed by atoms with Crippen molar-refractivity contribution in [2.75, 3.05) is 26.2 Å². The summed E-state index contributed by atoms with van der Waals surface area (Å²) in [6.45, 7) is 2.60. The molecule has 0 N–H and O–H groups in total. The second kappa shape index (κ2) is 6.06. The van der Waals surface area contributed by atoms with Crippen LogP contribution in [-0.4, -0.2) is 49.7 Å². The summed E-state index contributed by atoms with van der Waals surface area (Å²) < 4.78 is 26.8. The van der Waals surface area contributed by atoms with E-state index in [9.17, 15) is 13.2 Å². The number of hydrogen-bond donors (Lipinski definition) is 0. The minimum Gasteiger partial charge on any atom is -0.338 e. The van der Waals surface area contributed by atoms with Crippen molar-refractivity contribution in [1.29, 1.82) is 0 Å². The summed E-state index contributed by atoms with van der Waals surface area (Å²) in [4.78, 5) is 15.0. The van der Waals surface area contributed by atoms with Crippen molar-refractivity contribution < 1.29 is 13.2 Å². The summed E-state index contributed by atoms with van der Waals surface area (Å²) in [6.07, 6.45) is 4.96. The summed E-state index contributed by atoms with van der Waals surface area (Å²) >= 11 is 1.24. The fourth-order valence-corrected chi connectivity index (χ4v) is 5.84. The zero-order valence-electron chi connectivity index (χ0n) is 12.0. The van der Waals surface area contributed by atoms with Crippen LogP contribution in [0.4, 0.5) is 0 Å². The lowest BCUT2D eigenvalue weighted by molar-refractivity contribution is 0.0725. The summed E-state index contributed by atoms with van der Waals surface area (Å²) in [7, 11) is -3.51. The molecule has 0 aromatic carbocycles. The van der Waals surface area contributed by atoms with Crippen LogP contribution in [-0.2, 0) is 10.0 Å². The highest BCUT2D eigenvalue weighted by Crippen LogP contribution is 2.29. The van der Waals surface area contributed by atoms with Crippen molar-refractivity contribution in [3.8, 4) is 0 Å². The highest BCUT2D eigenvalue weighted by molar-refractivity contribution is 7.89. The van der Waals surface area contributed by atoms with E-state index in [2.05, 4.69) is 0 Å². The van der Waals surface area contributed by atoms with Gasteiger partial charge in [-0.05, 0) is 43.6 Å². The van der Waals surface area contributed by atoms with E-state index in [-0.39, 0.29) is 10.8 Å². The number of sulfonamides is 1. The molecule has 1 amide bonds. The molecule has 5 nitrogen and oxygen atoms in total. The number of likely N-dealkylation sites (tertiary alicyclic amines) is 1. The predicted octanol–water partition coefficient (Wildman–Crippen LogP) is 2.16. The topological polar surface area (TPSA) is 57.7 Å². The second-order valence-electron chi connectivity index (χ2n) is 5.58. The Morgan fingerprint density at radius 2 is 1.62 bits per heavy atom. The monoisotopic (exact) mass is 328 g/mol. The Hall–Kier alpha value is -0.920. The van der Waals surface area contributed by atoms with Crippen LogP contribution in [0.5, 0.6) is 0 Å². The first-order valence-corrected chi connectivity index (χ1v) is 9.79. The Bertz CT molecular complexity index is 612. The van der Waals surface area contributed by atoms with Gasteiger partial charge in [-0.3, -0.25) is 4.79 Å². The maximum atomic E-state index is 12.7. The average molecular weight is 328 g/mol. The number of thiophene rings is 1. The maximum Gasteiger partial charge on any atom is 0.265 e. The summed E-state index contributed by atoms with van der Waals surface area (Å²) in [5, 5.41) is 1.71. The predicted molar refractivity (Wildman–Crippen MR) is 82.1 cm³/mol. The maximum absolute atomic E-state index is 12.7. The van der Waals surface area contributed by atoms with Crippen LogP contribution in [0.25, 0.3) is 0 Å². The molecular formula is C14H20N2O3S2. The minimum atomic E-state index is -3.51. The third kappa shape index (κ3) is 2.86. The number of carbonyl (C=O) groups is 1. The van der Waals surface area contributed by atoms with Crippen LogP contribution in [0.15, 0.2) is 16.3 Å². The third-order valence-corrected chi connectivity index (χ3v) is 7.12. The lowest BCUT2D eigenvalue weighted by Crippen LogP contribution is -2.36. The van der Waals surface area contributed by atoms with Gasteiger partial charge in [-0.2, -0.15) is 4.31 Å². The van der Waals surface area contributed by atoms with E-state index in [1.54, 1.807) is 16.3 Å². The van der Waals surface area contributed by atoms with Gasteiger partial charge in [0.05, 0.1) is 0 Å². The molecule has 2 aliphatic rings. The van der Waals surface area contributed by atoms with Gasteiger partial charge in [0.25, 0.3) is 5.91 Å². The highest BCUT2D eigenvalue weighted by atomic mass is 32.2. The number of carbonyl (C=O) groups excluding carboxylic acids is 1. The van der Waals surface area contributed by atoms with Gasteiger partial charge in [0, 0.05) is 26.2 Å². The number of piperidine rings is 1. The van der Waals surface area contributed by atoms with Gasteiger partial charge < -0.3 is 4.90 Å². The number of rotatable bonds is 3. The van der Waals surface area contributed by atoms with E-state index in [1.165, 1.54) is 15.6 Å². The molecule has 21 heavy (non-hydrogen) atoms. The molecule has 1 aromatic heterocycles. The normalized spacial score (nSPS) is 20.9. The molecule has 2 aliphatic heterocycles. The Morgan fingerprint density at radius 3 is 2.29 bits per heavy atom. The zero-order chi connectivity index (χ0) is 14.9. The van der Waals surface area contributed by atoms with Crippen LogP contribution in [0.1, 0.15) is 41.8 Å². The van der Waals surface area contributed by atoms with Gasteiger partial charge in [-0.15, -0.1) is 11.3 Å². The molecule has 3 heterocycles. The molecule has 0 unspecified atom stereocenters. The van der Waals surface area contributed by atoms with Crippen LogP contribution in [0.3, 0.4) is 0 Å². The molecule has 1 aromatic rings. The van der Waals surface area contributed by atoms with Crippen LogP contribution < -0.4 is 0 Å². The molecule has 0 atom stereocenters. The van der Waals surface area contributed by atoms with Gasteiger partial charge in [0.1, 0.15) is 9.77 Å². The van der Waals surface area contributed by atoms with Crippen molar-refractivity contribution in [2.45, 2.75) is 37.0 Å². The third-order valence-electron chi connectivity index (χ3n) is 4.15. The standard InChI is InChI=1S/C14H20N2O3S2/c17-14(15-7-2-1-3-8-15)13-12(6-11-20-13)21(18,19)16-9-4-5-10-16/h6,11H,1-5,7-10H2. The first-order chi connectivity index (χ1) is 10.1. The van der Waals surface area contributed by atoms with Gasteiger partial charge >= 0.3 is 0 Å². The number of hydrogen-bond acceptors (Lipinski definition) is 4. The van der Waals surface area contributed by atoms with E-state index in [1.807, 2.05) is 0 Å². The molecule has 2 fully saturated rings. The Kier molecular flexibility index (Phi) is 4.33. The second-order valence-corrected chi connectivity index (χ2v) is 8.40. The van der Waals surface area contributed by atoms with Gasteiger partial charge in [-0.1, -0.05) is 0 Å². The molecule has 3 rings (SSSR count). The summed E-state index contributed by atoms with van der Waals surface area (Å²) in [6, 6.07) is 1.58. The summed E-state index contributed by atoms with van der Waals surface area (Å²) in [5.74, 6) is -0.123. The molecule has 0 saturated carbocycles. The zero-order valence-corrected chi connectivity index (χ0v) is 13.6. The van der Waals surface area contributed by atoms with Crippen LogP contribution in [0.2, 0.25) is 0 Å². The Labute approximate surface area is 129 Å². The first kappa shape index (κ1) is 15.0. The largest absolute Gasteiger partial charge is 0.338 e. The molecule has 0 spiro atoms. The van der Waals surface area contributed by atoms with Crippen molar-refractivity contribution >= 4 is 27.3 Å². The quantitative estimate of drug-likeness (QED) is 0.854. The molecule has 2 saturated heterocycles. The minimum absolute atomic E-state index is 0.123. The fraction of sp³-hybridized carbons (Fsp3) is 0.643. The number of nitrogens with zero attached hydrogens (tertiary/aromatic N) is 2. The fourth-order valence-electron chi connectivity index (χ4n) is 2.96. The SMILES string of the molecule is O=C(c1sccc1S(=O)(=O)N1CCCC1)N1CCCCC1. The smallest absolute Gasteiger partial charge is 0.265 e. The Balaban J connectivity index is 1.88. The van der Waals surface area contributed by atoms with E-state index in [4.69, 9.17) is 0 Å². The lowest BCUT2D eigenvalue weighted by atomic mass is 10.1. The number of amides is 1. The molecular weight excluding hydrogens is 308 g/mol. The van der Waals surface area contributed by atoms with Crippen molar-refractivity contribution in [2.24, 2.45) is 0 Å². The van der Waals surface area contributed by atoms with Gasteiger partial charge in [-0.25, -0.2) is 8.42 Å². The Morgan fingerprint density at radius 1 is 1.00 bits per heavy atom.